The van der Waals surface area contributed by atoms with Gasteiger partial charge >= 0.3 is 0 Å². The second-order valence-corrected chi connectivity index (χ2v) is 6.42. The smallest absolute Gasteiger partial charge is 0.222 e. The first-order valence-electron chi connectivity index (χ1n) is 8.79. The maximum atomic E-state index is 12.8. The number of imidazole rings is 1. The number of amides is 1. The first-order valence-corrected chi connectivity index (χ1v) is 8.79. The lowest BCUT2D eigenvalue weighted by atomic mass is 10.0. The van der Waals surface area contributed by atoms with E-state index in [-0.39, 0.29) is 11.7 Å². The Kier molecular flexibility index (Phi) is 5.68. The monoisotopic (exact) mass is 345 g/mol. The van der Waals surface area contributed by atoms with E-state index in [0.29, 0.717) is 31.2 Å². The minimum absolute atomic E-state index is 0.171. The van der Waals surface area contributed by atoms with Gasteiger partial charge in [-0.05, 0) is 50.5 Å². The molecule has 0 aliphatic carbocycles. The number of ether oxygens (including phenoxy) is 1. The van der Waals surface area contributed by atoms with Gasteiger partial charge in [0, 0.05) is 31.9 Å². The van der Waals surface area contributed by atoms with Gasteiger partial charge in [0.25, 0.3) is 0 Å². The fraction of sp³-hybridized carbons (Fsp3) is 0.474. The Hall–Kier alpha value is -2.37. The van der Waals surface area contributed by atoms with Crippen molar-refractivity contribution in [2.45, 2.75) is 38.6 Å². The molecule has 5 nitrogen and oxygen atoms in total. The standard InChI is InChI=1S/C19H24FN3O2/c1-15-21-10-12-23(15)17-4-2-11-22(14-17)19(24)5-3-13-25-18-8-6-16(20)7-9-18/h6-10,12,17H,2-5,11,13-14H2,1H3/t17-/m1/s1. The molecular weight excluding hydrogens is 321 g/mol. The molecule has 2 heterocycles. The van der Waals surface area contributed by atoms with Gasteiger partial charge in [0.2, 0.25) is 5.91 Å². The molecule has 1 aliphatic rings. The topological polar surface area (TPSA) is 47.4 Å². The number of aromatic nitrogens is 2. The molecule has 2 aromatic rings. The third-order valence-corrected chi connectivity index (χ3v) is 4.62. The molecule has 3 rings (SSSR count). The maximum Gasteiger partial charge on any atom is 0.222 e. The van der Waals surface area contributed by atoms with Crippen LogP contribution >= 0.6 is 0 Å². The van der Waals surface area contributed by atoms with E-state index < -0.39 is 0 Å². The number of carbonyl (C=O) groups is 1. The Morgan fingerprint density at radius 1 is 1.36 bits per heavy atom. The lowest BCUT2D eigenvalue weighted by molar-refractivity contribution is -0.133. The number of carbonyl (C=O) groups excluding carboxylic acids is 1. The summed E-state index contributed by atoms with van der Waals surface area (Å²) in [6.45, 7) is 4.01. The van der Waals surface area contributed by atoms with Crippen LogP contribution in [-0.2, 0) is 4.79 Å². The Balaban J connectivity index is 1.43. The Labute approximate surface area is 147 Å². The molecule has 1 atom stereocenters. The van der Waals surface area contributed by atoms with E-state index in [1.165, 1.54) is 12.1 Å². The minimum atomic E-state index is -0.282. The van der Waals surface area contributed by atoms with Crippen molar-refractivity contribution in [3.63, 3.8) is 0 Å². The van der Waals surface area contributed by atoms with E-state index in [9.17, 15) is 9.18 Å². The molecule has 134 valence electrons. The molecule has 0 unspecified atom stereocenters. The molecule has 1 aromatic carbocycles. The SMILES string of the molecule is Cc1nccn1[C@@H]1CCCN(C(=O)CCCOc2ccc(F)cc2)C1. The van der Waals surface area contributed by atoms with Crippen molar-refractivity contribution in [1.29, 1.82) is 0 Å². The number of hydrogen-bond donors (Lipinski definition) is 0. The number of likely N-dealkylation sites (tertiary alicyclic amines) is 1. The number of halogens is 1. The van der Waals surface area contributed by atoms with Gasteiger partial charge in [-0.25, -0.2) is 9.37 Å². The van der Waals surface area contributed by atoms with Crippen LogP contribution in [0, 0.1) is 12.7 Å². The van der Waals surface area contributed by atoms with Gasteiger partial charge in [0.15, 0.2) is 0 Å². The van der Waals surface area contributed by atoms with Gasteiger partial charge in [0.05, 0.1) is 12.6 Å². The van der Waals surface area contributed by atoms with E-state index >= 15 is 0 Å². The average molecular weight is 345 g/mol. The van der Waals surface area contributed by atoms with Gasteiger partial charge in [-0.1, -0.05) is 0 Å². The van der Waals surface area contributed by atoms with Crippen molar-refractivity contribution in [3.8, 4) is 5.75 Å². The number of nitrogens with zero attached hydrogens (tertiary/aromatic N) is 3. The largest absolute Gasteiger partial charge is 0.494 e. The summed E-state index contributed by atoms with van der Waals surface area (Å²) in [5.41, 5.74) is 0. The van der Waals surface area contributed by atoms with Crippen molar-refractivity contribution in [2.24, 2.45) is 0 Å². The molecular formula is C19H24FN3O2. The molecule has 6 heteroatoms. The fourth-order valence-electron chi connectivity index (χ4n) is 3.28. The number of hydrogen-bond acceptors (Lipinski definition) is 3. The second kappa shape index (κ2) is 8.14. The van der Waals surface area contributed by atoms with E-state index in [2.05, 4.69) is 9.55 Å². The first kappa shape index (κ1) is 17.5. The van der Waals surface area contributed by atoms with E-state index in [1.807, 2.05) is 24.2 Å². The normalized spacial score (nSPS) is 17.5. The van der Waals surface area contributed by atoms with Crippen LogP contribution in [0.15, 0.2) is 36.7 Å². The van der Waals surface area contributed by atoms with Crippen molar-refractivity contribution in [3.05, 3.63) is 48.3 Å². The lowest BCUT2D eigenvalue weighted by Crippen LogP contribution is -2.40. The van der Waals surface area contributed by atoms with Crippen molar-refractivity contribution >= 4 is 5.91 Å². The molecule has 1 aliphatic heterocycles. The summed E-state index contributed by atoms with van der Waals surface area (Å²) in [5.74, 6) is 1.51. The molecule has 1 amide bonds. The Morgan fingerprint density at radius 2 is 2.16 bits per heavy atom. The molecule has 0 spiro atoms. The average Bonchev–Trinajstić information content (AvgIpc) is 3.06. The van der Waals surface area contributed by atoms with Crippen LogP contribution in [-0.4, -0.2) is 40.1 Å². The Morgan fingerprint density at radius 3 is 2.88 bits per heavy atom. The molecule has 1 saturated heterocycles. The van der Waals surface area contributed by atoms with E-state index in [1.54, 1.807) is 12.1 Å². The minimum Gasteiger partial charge on any atom is -0.494 e. The zero-order chi connectivity index (χ0) is 17.6. The summed E-state index contributed by atoms with van der Waals surface area (Å²) in [5, 5.41) is 0. The van der Waals surface area contributed by atoms with Crippen LogP contribution in [0.5, 0.6) is 5.75 Å². The molecule has 0 bridgehead atoms. The summed E-state index contributed by atoms with van der Waals surface area (Å²) >= 11 is 0. The predicted molar refractivity (Wildman–Crippen MR) is 92.9 cm³/mol. The highest BCUT2D eigenvalue weighted by Crippen LogP contribution is 2.23. The van der Waals surface area contributed by atoms with Crippen molar-refractivity contribution < 1.29 is 13.9 Å². The summed E-state index contributed by atoms with van der Waals surface area (Å²) in [7, 11) is 0. The third-order valence-electron chi connectivity index (χ3n) is 4.62. The summed E-state index contributed by atoms with van der Waals surface area (Å²) in [4.78, 5) is 18.7. The van der Waals surface area contributed by atoms with Gasteiger partial charge in [-0.3, -0.25) is 4.79 Å². The van der Waals surface area contributed by atoms with Crippen LogP contribution in [0.2, 0.25) is 0 Å². The zero-order valence-electron chi connectivity index (χ0n) is 14.5. The molecule has 1 fully saturated rings. The summed E-state index contributed by atoms with van der Waals surface area (Å²) in [6.07, 6.45) is 7.01. The van der Waals surface area contributed by atoms with Gasteiger partial charge in [-0.15, -0.1) is 0 Å². The van der Waals surface area contributed by atoms with E-state index in [4.69, 9.17) is 4.74 Å². The van der Waals surface area contributed by atoms with Crippen LogP contribution in [0.25, 0.3) is 0 Å². The molecule has 0 radical (unpaired) electrons. The van der Waals surface area contributed by atoms with Crippen LogP contribution < -0.4 is 4.74 Å². The third kappa shape index (κ3) is 4.59. The quantitative estimate of drug-likeness (QED) is 0.754. The second-order valence-electron chi connectivity index (χ2n) is 6.42. The highest BCUT2D eigenvalue weighted by molar-refractivity contribution is 5.76. The lowest BCUT2D eigenvalue weighted by Gasteiger charge is -2.34. The van der Waals surface area contributed by atoms with Crippen molar-refractivity contribution in [2.75, 3.05) is 19.7 Å². The number of rotatable bonds is 6. The van der Waals surface area contributed by atoms with E-state index in [0.717, 1.165) is 31.8 Å². The molecule has 0 saturated carbocycles. The summed E-state index contributed by atoms with van der Waals surface area (Å²) < 4.78 is 20.5. The fourth-order valence-corrected chi connectivity index (χ4v) is 3.28. The number of aryl methyl sites for hydroxylation is 1. The predicted octanol–water partition coefficient (Wildman–Crippen LogP) is 3.35. The van der Waals surface area contributed by atoms with Gasteiger partial charge < -0.3 is 14.2 Å². The van der Waals surface area contributed by atoms with Crippen molar-refractivity contribution in [1.82, 2.24) is 14.5 Å². The number of benzene rings is 1. The zero-order valence-corrected chi connectivity index (χ0v) is 14.5. The maximum absolute atomic E-state index is 12.8. The molecule has 25 heavy (non-hydrogen) atoms. The Bertz CT molecular complexity index is 699. The molecule has 1 aromatic heterocycles. The molecule has 0 N–H and O–H groups in total. The first-order chi connectivity index (χ1) is 12.1. The van der Waals surface area contributed by atoms with Gasteiger partial charge in [-0.2, -0.15) is 0 Å². The van der Waals surface area contributed by atoms with Crippen LogP contribution in [0.4, 0.5) is 4.39 Å². The van der Waals surface area contributed by atoms with Crippen LogP contribution in [0.3, 0.4) is 0 Å². The van der Waals surface area contributed by atoms with Gasteiger partial charge in [0.1, 0.15) is 17.4 Å². The van der Waals surface area contributed by atoms with Crippen LogP contribution in [0.1, 0.15) is 37.5 Å². The number of piperidine rings is 1. The summed E-state index contributed by atoms with van der Waals surface area (Å²) in [6, 6.07) is 6.24. The highest BCUT2D eigenvalue weighted by atomic mass is 19.1. The highest BCUT2D eigenvalue weighted by Gasteiger charge is 2.24.